The van der Waals surface area contributed by atoms with Crippen LogP contribution in [0.2, 0.25) is 0 Å². The van der Waals surface area contributed by atoms with Crippen molar-refractivity contribution in [1.82, 2.24) is 4.90 Å². The van der Waals surface area contributed by atoms with Crippen LogP contribution < -0.4 is 5.73 Å². The first-order valence-electron chi connectivity index (χ1n) is 5.36. The van der Waals surface area contributed by atoms with Gasteiger partial charge >= 0.3 is 0 Å². The van der Waals surface area contributed by atoms with E-state index >= 15 is 0 Å². The van der Waals surface area contributed by atoms with E-state index in [1.54, 1.807) is 0 Å². The molecule has 80 valence electrons. The van der Waals surface area contributed by atoms with Crippen molar-refractivity contribution in [3.8, 4) is 0 Å². The van der Waals surface area contributed by atoms with Crippen LogP contribution in [0.15, 0.2) is 0 Å². The molecular weight excluding hydrogens is 180 g/mol. The Morgan fingerprint density at radius 1 is 1.57 bits per heavy atom. The Labute approximate surface area is 84.1 Å². The largest absolute Gasteiger partial charge is 0.395 e. The molecular formula is C10H18N2O2. The molecule has 1 amide bonds. The summed E-state index contributed by atoms with van der Waals surface area (Å²) in [6, 6.07) is -0.180. The third-order valence-corrected chi connectivity index (χ3v) is 3.38. The molecule has 2 heterocycles. The van der Waals surface area contributed by atoms with Crippen LogP contribution in [0.3, 0.4) is 0 Å². The molecule has 2 aliphatic heterocycles. The summed E-state index contributed by atoms with van der Waals surface area (Å²) in [6.45, 7) is 1.63. The summed E-state index contributed by atoms with van der Waals surface area (Å²) in [5.74, 6) is 1.35. The lowest BCUT2D eigenvalue weighted by Crippen LogP contribution is -2.53. The molecule has 0 aromatic carbocycles. The molecule has 3 aliphatic rings. The van der Waals surface area contributed by atoms with Gasteiger partial charge in [-0.3, -0.25) is 4.79 Å². The third kappa shape index (κ3) is 1.77. The second kappa shape index (κ2) is 3.87. The number of amides is 1. The molecule has 4 heteroatoms. The Morgan fingerprint density at radius 2 is 2.29 bits per heavy atom. The molecule has 14 heavy (non-hydrogen) atoms. The standard InChI is InChI=1S/C10H18N2O2/c11-9(6-13)1-2-12-5-7-3-8(4-7)10(12)14/h7-9,13H,1-6,11H2. The first-order chi connectivity index (χ1) is 6.70. The number of fused-ring (bicyclic) bond motifs is 2. The van der Waals surface area contributed by atoms with Gasteiger partial charge in [-0.15, -0.1) is 0 Å². The zero-order chi connectivity index (χ0) is 10.1. The van der Waals surface area contributed by atoms with E-state index in [1.807, 2.05) is 4.90 Å². The Kier molecular flexibility index (Phi) is 2.74. The van der Waals surface area contributed by atoms with Gasteiger partial charge in [-0.2, -0.15) is 0 Å². The molecule has 1 aliphatic carbocycles. The van der Waals surface area contributed by atoms with Crippen molar-refractivity contribution < 1.29 is 9.90 Å². The van der Waals surface area contributed by atoms with Gasteiger partial charge in [-0.1, -0.05) is 0 Å². The second-order valence-corrected chi connectivity index (χ2v) is 4.55. The Balaban J connectivity index is 1.78. The van der Waals surface area contributed by atoms with E-state index in [0.717, 1.165) is 25.3 Å². The summed E-state index contributed by atoms with van der Waals surface area (Å²) < 4.78 is 0. The summed E-state index contributed by atoms with van der Waals surface area (Å²) in [5, 5.41) is 8.76. The highest BCUT2D eigenvalue weighted by atomic mass is 16.3. The highest BCUT2D eigenvalue weighted by Crippen LogP contribution is 2.40. The number of nitrogens with zero attached hydrogens (tertiary/aromatic N) is 1. The summed E-state index contributed by atoms with van der Waals surface area (Å²) in [4.78, 5) is 13.6. The highest BCUT2D eigenvalue weighted by molar-refractivity contribution is 5.81. The van der Waals surface area contributed by atoms with Crippen molar-refractivity contribution in [2.75, 3.05) is 19.7 Å². The molecule has 3 fully saturated rings. The number of nitrogens with two attached hydrogens (primary N) is 1. The van der Waals surface area contributed by atoms with E-state index < -0.39 is 0 Å². The van der Waals surface area contributed by atoms with Crippen molar-refractivity contribution in [3.63, 3.8) is 0 Å². The summed E-state index contributed by atoms with van der Waals surface area (Å²) in [6.07, 6.45) is 2.91. The van der Waals surface area contributed by atoms with Gasteiger partial charge < -0.3 is 15.7 Å². The molecule has 0 radical (unpaired) electrons. The number of hydrogen-bond acceptors (Lipinski definition) is 3. The predicted octanol–water partition coefficient (Wildman–Crippen LogP) is -0.435. The van der Waals surface area contributed by atoms with E-state index in [2.05, 4.69) is 0 Å². The smallest absolute Gasteiger partial charge is 0.225 e. The minimum Gasteiger partial charge on any atom is -0.395 e. The van der Waals surface area contributed by atoms with Crippen molar-refractivity contribution in [1.29, 1.82) is 0 Å². The van der Waals surface area contributed by atoms with Crippen LogP contribution in [0.1, 0.15) is 19.3 Å². The fraction of sp³-hybridized carbons (Fsp3) is 0.900. The molecule has 3 rings (SSSR count). The van der Waals surface area contributed by atoms with Crippen molar-refractivity contribution in [2.24, 2.45) is 17.6 Å². The lowest BCUT2D eigenvalue weighted by molar-refractivity contribution is -0.149. The van der Waals surface area contributed by atoms with E-state index in [4.69, 9.17) is 10.8 Å². The molecule has 3 N–H and O–H groups in total. The van der Waals surface area contributed by atoms with E-state index in [1.165, 1.54) is 0 Å². The molecule has 2 bridgehead atoms. The molecule has 0 aromatic heterocycles. The van der Waals surface area contributed by atoms with Gasteiger partial charge in [0.05, 0.1) is 6.61 Å². The van der Waals surface area contributed by atoms with Gasteiger partial charge in [0.1, 0.15) is 0 Å². The highest BCUT2D eigenvalue weighted by Gasteiger charge is 2.43. The van der Waals surface area contributed by atoms with Gasteiger partial charge in [0, 0.05) is 25.0 Å². The SMILES string of the molecule is NC(CO)CCN1CC2CC(C2)C1=O. The van der Waals surface area contributed by atoms with Gasteiger partial charge in [0.15, 0.2) is 0 Å². The van der Waals surface area contributed by atoms with Crippen LogP contribution >= 0.6 is 0 Å². The average molecular weight is 198 g/mol. The third-order valence-electron chi connectivity index (χ3n) is 3.38. The molecule has 2 saturated heterocycles. The van der Waals surface area contributed by atoms with Crippen LogP contribution in [0, 0.1) is 11.8 Å². The lowest BCUT2D eigenvalue weighted by atomic mass is 9.70. The van der Waals surface area contributed by atoms with Crippen LogP contribution in [-0.2, 0) is 4.79 Å². The number of hydrogen-bond donors (Lipinski definition) is 2. The molecule has 0 aromatic rings. The zero-order valence-electron chi connectivity index (χ0n) is 8.35. The van der Waals surface area contributed by atoms with Crippen molar-refractivity contribution in [3.05, 3.63) is 0 Å². The van der Waals surface area contributed by atoms with Crippen LogP contribution in [-0.4, -0.2) is 41.7 Å². The fourth-order valence-electron chi connectivity index (χ4n) is 2.36. The number of aliphatic hydroxyl groups is 1. The maximum Gasteiger partial charge on any atom is 0.225 e. The van der Waals surface area contributed by atoms with Gasteiger partial charge in [0.25, 0.3) is 0 Å². The first kappa shape index (κ1) is 9.93. The van der Waals surface area contributed by atoms with E-state index in [0.29, 0.717) is 24.8 Å². The lowest BCUT2D eigenvalue weighted by Gasteiger charge is -2.46. The molecule has 0 spiro atoms. The van der Waals surface area contributed by atoms with Crippen LogP contribution in [0.25, 0.3) is 0 Å². The Bertz CT molecular complexity index is 226. The number of carbonyl (C=O) groups excluding carboxylic acids is 1. The van der Waals surface area contributed by atoms with Gasteiger partial charge in [-0.25, -0.2) is 0 Å². The average Bonchev–Trinajstić information content (AvgIpc) is 2.13. The number of carbonyl (C=O) groups is 1. The van der Waals surface area contributed by atoms with Crippen molar-refractivity contribution >= 4 is 5.91 Å². The molecule has 1 saturated carbocycles. The Morgan fingerprint density at radius 3 is 2.86 bits per heavy atom. The minimum absolute atomic E-state index is 0.00882. The molecule has 4 nitrogen and oxygen atoms in total. The van der Waals surface area contributed by atoms with Crippen LogP contribution in [0.5, 0.6) is 0 Å². The zero-order valence-corrected chi connectivity index (χ0v) is 8.35. The normalized spacial score (nSPS) is 32.7. The number of rotatable bonds is 4. The second-order valence-electron chi connectivity index (χ2n) is 4.55. The predicted molar refractivity (Wildman–Crippen MR) is 52.5 cm³/mol. The fourth-order valence-corrected chi connectivity index (χ4v) is 2.36. The van der Waals surface area contributed by atoms with Gasteiger partial charge in [0.2, 0.25) is 5.91 Å². The number of piperidine rings is 2. The van der Waals surface area contributed by atoms with Crippen molar-refractivity contribution in [2.45, 2.75) is 25.3 Å². The van der Waals surface area contributed by atoms with Crippen LogP contribution in [0.4, 0.5) is 0 Å². The quantitative estimate of drug-likeness (QED) is 0.644. The topological polar surface area (TPSA) is 66.6 Å². The monoisotopic (exact) mass is 198 g/mol. The minimum atomic E-state index is -0.180. The molecule has 1 unspecified atom stereocenters. The Hall–Kier alpha value is -0.610. The summed E-state index contributed by atoms with van der Waals surface area (Å²) >= 11 is 0. The number of aliphatic hydroxyl groups excluding tert-OH is 1. The summed E-state index contributed by atoms with van der Waals surface area (Å²) in [7, 11) is 0. The molecule has 1 atom stereocenters. The maximum absolute atomic E-state index is 11.7. The van der Waals surface area contributed by atoms with Gasteiger partial charge in [-0.05, 0) is 25.2 Å². The maximum atomic E-state index is 11.7. The van der Waals surface area contributed by atoms with E-state index in [-0.39, 0.29) is 12.6 Å². The first-order valence-corrected chi connectivity index (χ1v) is 5.36. The van der Waals surface area contributed by atoms with E-state index in [9.17, 15) is 4.79 Å². The summed E-state index contributed by atoms with van der Waals surface area (Å²) in [5.41, 5.74) is 5.59.